The van der Waals surface area contributed by atoms with Gasteiger partial charge in [0.25, 0.3) is 0 Å². The van der Waals surface area contributed by atoms with Crippen molar-refractivity contribution in [2.45, 2.75) is 0 Å². The van der Waals surface area contributed by atoms with E-state index in [4.69, 9.17) is 0 Å². The van der Waals surface area contributed by atoms with E-state index in [-0.39, 0.29) is 107 Å². The Kier molecular flexibility index (Phi) is 16.9. The number of hydrogen-bond donors (Lipinski definition) is 0. The van der Waals surface area contributed by atoms with Crippen LogP contribution in [0.2, 0.25) is 0 Å². The largest absolute Gasteiger partial charge is 1.00 e. The van der Waals surface area contributed by atoms with Crippen LogP contribution in [-0.4, -0.2) is 18.5 Å². The summed E-state index contributed by atoms with van der Waals surface area (Å²) in [6.07, 6.45) is 0. The molecule has 0 aliphatic carbocycles. The quantitative estimate of drug-likeness (QED) is 0.263. The van der Waals surface area contributed by atoms with Crippen LogP contribution in [0.4, 0.5) is 4.39 Å². The van der Waals surface area contributed by atoms with Gasteiger partial charge in [-0.15, -0.1) is 0 Å². The first-order valence-electron chi connectivity index (χ1n) is 1.78. The molecule has 0 bridgehead atoms. The van der Waals surface area contributed by atoms with E-state index in [2.05, 4.69) is 0 Å². The minimum absolute atomic E-state index is 0. The van der Waals surface area contributed by atoms with Crippen molar-refractivity contribution in [1.82, 2.24) is 4.67 Å². The van der Waals surface area contributed by atoms with Gasteiger partial charge in [0, 0.05) is 7.75 Å². The van der Waals surface area contributed by atoms with E-state index in [1.54, 1.807) is 0 Å². The standard InChI is InChI=1S/C2H7FNO3P.2K/c1-4(2-3)8(5,6)7;;/h2H2,1H3,(H2,5,6,7);;/q;2*+1/p-2. The Morgan fingerprint density at radius 3 is 1.80 bits per heavy atom. The fraction of sp³-hybridized carbons (Fsp3) is 1.00. The molecule has 10 heavy (non-hydrogen) atoms. The molecule has 0 radical (unpaired) electrons. The second-order valence-electron chi connectivity index (χ2n) is 1.25. The maximum atomic E-state index is 11.2. The minimum atomic E-state index is -4.80. The van der Waals surface area contributed by atoms with Crippen LogP contribution in [-0.2, 0) is 4.57 Å². The molecule has 0 atom stereocenters. The summed E-state index contributed by atoms with van der Waals surface area (Å²) in [4.78, 5) is 19.4. The Hall–Kier alpha value is 3.31. The summed E-state index contributed by atoms with van der Waals surface area (Å²) in [5.74, 6) is 0. The molecule has 0 saturated carbocycles. The van der Waals surface area contributed by atoms with Gasteiger partial charge >= 0.3 is 103 Å². The first-order valence-corrected chi connectivity index (χ1v) is 3.27. The summed E-state index contributed by atoms with van der Waals surface area (Å²) >= 11 is 0. The van der Waals surface area contributed by atoms with Crippen LogP contribution in [0.25, 0.3) is 0 Å². The van der Waals surface area contributed by atoms with Crippen LogP contribution in [0.3, 0.4) is 0 Å². The van der Waals surface area contributed by atoms with E-state index in [0.717, 1.165) is 7.05 Å². The van der Waals surface area contributed by atoms with Crippen molar-refractivity contribution in [3.8, 4) is 0 Å². The third-order valence-electron chi connectivity index (χ3n) is 0.591. The van der Waals surface area contributed by atoms with Gasteiger partial charge in [-0.3, -0.25) is 4.67 Å². The van der Waals surface area contributed by atoms with E-state index >= 15 is 0 Å². The average molecular weight is 219 g/mol. The Morgan fingerprint density at radius 2 is 1.80 bits per heavy atom. The van der Waals surface area contributed by atoms with Crippen molar-refractivity contribution in [1.29, 1.82) is 0 Å². The number of hydrogen-bond acceptors (Lipinski definition) is 3. The molecule has 0 fully saturated rings. The molecule has 0 amide bonds. The Balaban J connectivity index is -0.000000245. The molecule has 0 aliphatic rings. The molecule has 0 aromatic carbocycles. The van der Waals surface area contributed by atoms with Gasteiger partial charge < -0.3 is 14.4 Å². The van der Waals surface area contributed by atoms with Gasteiger partial charge in [-0.2, -0.15) is 0 Å². The first kappa shape index (κ1) is 19.0. The van der Waals surface area contributed by atoms with E-state index in [1.807, 2.05) is 0 Å². The molecule has 50 valence electrons. The molecule has 0 spiro atoms. The number of alkyl halides is 1. The Labute approximate surface area is 144 Å². The predicted octanol–water partition coefficient (Wildman–Crippen LogP) is -7.32. The molecule has 4 nitrogen and oxygen atoms in total. The van der Waals surface area contributed by atoms with E-state index in [9.17, 15) is 18.7 Å². The van der Waals surface area contributed by atoms with Crippen LogP contribution in [0, 0.1) is 0 Å². The molecule has 0 aliphatic heterocycles. The van der Waals surface area contributed by atoms with Gasteiger partial charge in [0.05, 0.1) is 0 Å². The Bertz CT molecular complexity index is 119. The molecular formula is C2H5FK2NO3P. The fourth-order valence-corrected chi connectivity index (χ4v) is 0.196. The van der Waals surface area contributed by atoms with Crippen LogP contribution in [0.5, 0.6) is 0 Å². The van der Waals surface area contributed by atoms with Crippen molar-refractivity contribution in [3.63, 3.8) is 0 Å². The maximum absolute atomic E-state index is 11.2. The molecule has 0 aromatic rings. The molecule has 0 N–H and O–H groups in total. The smallest absolute Gasteiger partial charge is 0.799 e. The van der Waals surface area contributed by atoms with Crippen LogP contribution >= 0.6 is 7.75 Å². The van der Waals surface area contributed by atoms with Gasteiger partial charge in [-0.1, -0.05) is 0 Å². The van der Waals surface area contributed by atoms with Crippen LogP contribution in [0.1, 0.15) is 0 Å². The van der Waals surface area contributed by atoms with Crippen molar-refractivity contribution < 1.29 is 122 Å². The zero-order valence-electron chi connectivity index (χ0n) is 6.20. The molecule has 0 aromatic heterocycles. The molecule has 0 heterocycles. The van der Waals surface area contributed by atoms with Gasteiger partial charge in [0.15, 0.2) is 0 Å². The summed E-state index contributed by atoms with van der Waals surface area (Å²) in [6, 6.07) is 0. The summed E-state index contributed by atoms with van der Waals surface area (Å²) in [5.41, 5.74) is 0. The average Bonchev–Trinajstić information content (AvgIpc) is 1.62. The summed E-state index contributed by atoms with van der Waals surface area (Å²) < 4.78 is 21.0. The third kappa shape index (κ3) is 9.40. The van der Waals surface area contributed by atoms with E-state index in [0.29, 0.717) is 0 Å². The number of nitrogens with zero attached hydrogens (tertiary/aromatic N) is 1. The van der Waals surface area contributed by atoms with Crippen molar-refractivity contribution in [3.05, 3.63) is 0 Å². The minimum Gasteiger partial charge on any atom is -0.799 e. The SMILES string of the molecule is CN(CF)P(=O)([O-])[O-].[K+].[K+]. The molecule has 0 rings (SSSR count). The summed E-state index contributed by atoms with van der Waals surface area (Å²) in [7, 11) is -3.92. The first-order chi connectivity index (χ1) is 3.48. The number of halogens is 1. The van der Waals surface area contributed by atoms with Crippen molar-refractivity contribution >= 4 is 7.75 Å². The fourth-order valence-electron chi connectivity index (χ4n) is 0.0655. The topological polar surface area (TPSA) is 66.4 Å². The normalized spacial score (nSPS) is 10.1. The number of rotatable bonds is 2. The van der Waals surface area contributed by atoms with Gasteiger partial charge in [-0.25, -0.2) is 4.39 Å². The van der Waals surface area contributed by atoms with E-state index in [1.165, 1.54) is 0 Å². The second-order valence-corrected chi connectivity index (χ2v) is 2.87. The maximum Gasteiger partial charge on any atom is 1.00 e. The zero-order chi connectivity index (χ0) is 6.78. The van der Waals surface area contributed by atoms with Gasteiger partial charge in [0.1, 0.15) is 6.80 Å². The molecular weight excluding hydrogens is 214 g/mol. The van der Waals surface area contributed by atoms with E-state index < -0.39 is 14.5 Å². The van der Waals surface area contributed by atoms with Crippen LogP contribution in [0.15, 0.2) is 0 Å². The monoisotopic (exact) mass is 219 g/mol. The van der Waals surface area contributed by atoms with Gasteiger partial charge in [-0.05, 0) is 7.05 Å². The third-order valence-corrected chi connectivity index (χ3v) is 1.53. The van der Waals surface area contributed by atoms with Crippen molar-refractivity contribution in [2.75, 3.05) is 13.8 Å². The summed E-state index contributed by atoms with van der Waals surface area (Å²) in [5, 5.41) is 0. The van der Waals surface area contributed by atoms with Crippen LogP contribution < -0.4 is 113 Å². The summed E-state index contributed by atoms with van der Waals surface area (Å²) in [6.45, 7) is -1.26. The van der Waals surface area contributed by atoms with Crippen molar-refractivity contribution in [2.24, 2.45) is 0 Å². The molecule has 0 saturated heterocycles. The second kappa shape index (κ2) is 8.89. The van der Waals surface area contributed by atoms with Gasteiger partial charge in [0.2, 0.25) is 0 Å². The Morgan fingerprint density at radius 1 is 1.50 bits per heavy atom. The zero-order valence-corrected chi connectivity index (χ0v) is 13.3. The predicted molar refractivity (Wildman–Crippen MR) is 21.3 cm³/mol. The molecule has 8 heteroatoms. The molecule has 0 unspecified atom stereocenters.